The third-order valence-electron chi connectivity index (χ3n) is 2.67. The lowest BCUT2D eigenvalue weighted by molar-refractivity contribution is 0.0130. The van der Waals surface area contributed by atoms with E-state index in [2.05, 4.69) is 20.9 Å². The summed E-state index contributed by atoms with van der Waals surface area (Å²) in [7, 11) is 0. The predicted molar refractivity (Wildman–Crippen MR) is 70.3 cm³/mol. The van der Waals surface area contributed by atoms with E-state index in [4.69, 9.17) is 5.26 Å². The number of hydrogen-bond donors (Lipinski definition) is 0. The summed E-state index contributed by atoms with van der Waals surface area (Å²) in [6.07, 6.45) is 1.26. The number of nitriles is 1. The number of nitrogens with zero attached hydrogens (tertiary/aromatic N) is 3. The SMILES string of the molecule is Cc1nc(C(C)(F)F)cn1-c1ccc(Br)cc1C#N. The summed E-state index contributed by atoms with van der Waals surface area (Å²) in [6.45, 7) is 2.42. The first-order valence-corrected chi connectivity index (χ1v) is 6.26. The zero-order valence-corrected chi connectivity index (χ0v) is 11.9. The zero-order chi connectivity index (χ0) is 14.2. The van der Waals surface area contributed by atoms with E-state index >= 15 is 0 Å². The quantitative estimate of drug-likeness (QED) is 0.839. The molecule has 1 aromatic carbocycles. The molecule has 0 aliphatic rings. The molecule has 0 atom stereocenters. The predicted octanol–water partition coefficient (Wildman–Crippen LogP) is 3.93. The van der Waals surface area contributed by atoms with Gasteiger partial charge in [0.2, 0.25) is 0 Å². The molecule has 0 aliphatic carbocycles. The first kappa shape index (κ1) is 13.7. The summed E-state index contributed by atoms with van der Waals surface area (Å²) in [5.41, 5.74) is 0.615. The smallest absolute Gasteiger partial charge is 0.288 e. The molecule has 98 valence electrons. The second kappa shape index (κ2) is 4.74. The van der Waals surface area contributed by atoms with Crippen LogP contribution < -0.4 is 0 Å². The van der Waals surface area contributed by atoms with E-state index in [1.807, 2.05) is 6.07 Å². The van der Waals surface area contributed by atoms with Crippen molar-refractivity contribution in [2.45, 2.75) is 19.8 Å². The minimum atomic E-state index is -3.00. The van der Waals surface area contributed by atoms with E-state index in [1.165, 1.54) is 10.8 Å². The van der Waals surface area contributed by atoms with Crippen LogP contribution in [0.25, 0.3) is 5.69 Å². The van der Waals surface area contributed by atoms with Crippen molar-refractivity contribution in [1.29, 1.82) is 5.26 Å². The molecule has 1 heterocycles. The average molecular weight is 326 g/mol. The lowest BCUT2D eigenvalue weighted by Gasteiger charge is -2.07. The molecule has 19 heavy (non-hydrogen) atoms. The van der Waals surface area contributed by atoms with Crippen LogP contribution in [0, 0.1) is 18.3 Å². The number of aryl methyl sites for hydroxylation is 1. The van der Waals surface area contributed by atoms with Gasteiger partial charge in [0.15, 0.2) is 0 Å². The van der Waals surface area contributed by atoms with Gasteiger partial charge in [0, 0.05) is 17.6 Å². The first-order chi connectivity index (χ1) is 8.82. The fourth-order valence-electron chi connectivity index (χ4n) is 1.74. The van der Waals surface area contributed by atoms with E-state index in [9.17, 15) is 8.78 Å². The van der Waals surface area contributed by atoms with Gasteiger partial charge in [-0.25, -0.2) is 4.98 Å². The monoisotopic (exact) mass is 325 g/mol. The zero-order valence-electron chi connectivity index (χ0n) is 10.3. The number of rotatable bonds is 2. The number of imidazole rings is 1. The van der Waals surface area contributed by atoms with Gasteiger partial charge >= 0.3 is 0 Å². The Morgan fingerprint density at radius 2 is 2.11 bits per heavy atom. The molecular weight excluding hydrogens is 316 g/mol. The average Bonchev–Trinajstić information content (AvgIpc) is 2.71. The highest BCUT2D eigenvalue weighted by atomic mass is 79.9. The van der Waals surface area contributed by atoms with E-state index in [1.54, 1.807) is 25.1 Å². The summed E-state index contributed by atoms with van der Waals surface area (Å²) in [4.78, 5) is 3.85. The maximum absolute atomic E-state index is 13.3. The molecule has 0 fully saturated rings. The molecule has 0 saturated heterocycles. The Morgan fingerprint density at radius 1 is 1.42 bits per heavy atom. The van der Waals surface area contributed by atoms with Crippen molar-refractivity contribution < 1.29 is 8.78 Å². The highest BCUT2D eigenvalue weighted by Gasteiger charge is 2.28. The van der Waals surface area contributed by atoms with Crippen LogP contribution in [0.2, 0.25) is 0 Å². The molecule has 1 aromatic heterocycles. The first-order valence-electron chi connectivity index (χ1n) is 5.47. The van der Waals surface area contributed by atoms with Crippen LogP contribution in [0.5, 0.6) is 0 Å². The van der Waals surface area contributed by atoms with Gasteiger partial charge in [-0.3, -0.25) is 0 Å². The largest absolute Gasteiger partial charge is 0.302 e. The standard InChI is InChI=1S/C13H10BrF2N3/c1-8-18-12(13(2,15)16)7-19(8)11-4-3-10(14)5-9(11)6-17/h3-5,7H,1-2H3. The molecule has 2 rings (SSSR count). The number of hydrogen-bond acceptors (Lipinski definition) is 2. The molecule has 0 amide bonds. The van der Waals surface area contributed by atoms with Gasteiger partial charge in [-0.1, -0.05) is 15.9 Å². The third-order valence-corrected chi connectivity index (χ3v) is 3.16. The lowest BCUT2D eigenvalue weighted by atomic mass is 10.2. The number of benzene rings is 1. The third kappa shape index (κ3) is 2.66. The maximum atomic E-state index is 13.3. The topological polar surface area (TPSA) is 41.6 Å². The van der Waals surface area contributed by atoms with Crippen molar-refractivity contribution in [2.24, 2.45) is 0 Å². The van der Waals surface area contributed by atoms with Crippen molar-refractivity contribution >= 4 is 15.9 Å². The number of alkyl halides is 2. The van der Waals surface area contributed by atoms with Crippen molar-refractivity contribution in [3.63, 3.8) is 0 Å². The van der Waals surface area contributed by atoms with E-state index < -0.39 is 5.92 Å². The van der Waals surface area contributed by atoms with E-state index in [-0.39, 0.29) is 5.69 Å². The van der Waals surface area contributed by atoms with Crippen LogP contribution in [-0.4, -0.2) is 9.55 Å². The van der Waals surface area contributed by atoms with Crippen LogP contribution in [0.15, 0.2) is 28.9 Å². The lowest BCUT2D eigenvalue weighted by Crippen LogP contribution is -2.07. The number of aromatic nitrogens is 2. The van der Waals surface area contributed by atoms with Crippen LogP contribution in [0.4, 0.5) is 8.78 Å². The Morgan fingerprint density at radius 3 is 2.63 bits per heavy atom. The summed E-state index contributed by atoms with van der Waals surface area (Å²) in [6, 6.07) is 7.12. The van der Waals surface area contributed by atoms with Crippen LogP contribution >= 0.6 is 15.9 Å². The van der Waals surface area contributed by atoms with E-state index in [0.29, 0.717) is 17.1 Å². The van der Waals surface area contributed by atoms with Gasteiger partial charge in [0.25, 0.3) is 5.92 Å². The molecule has 6 heteroatoms. The molecular formula is C13H10BrF2N3. The fraction of sp³-hybridized carbons (Fsp3) is 0.231. The summed E-state index contributed by atoms with van der Waals surface area (Å²) >= 11 is 3.27. The van der Waals surface area contributed by atoms with Crippen LogP contribution in [0.3, 0.4) is 0 Å². The van der Waals surface area contributed by atoms with Crippen LogP contribution in [0.1, 0.15) is 24.0 Å². The van der Waals surface area contributed by atoms with Crippen LogP contribution in [-0.2, 0) is 5.92 Å². The summed E-state index contributed by atoms with van der Waals surface area (Å²) < 4.78 is 28.8. The van der Waals surface area contributed by atoms with Crippen molar-refractivity contribution in [3.05, 3.63) is 46.0 Å². The normalized spacial score (nSPS) is 11.4. The molecule has 0 aliphatic heterocycles. The van der Waals surface area contributed by atoms with Gasteiger partial charge in [0.1, 0.15) is 17.6 Å². The molecule has 0 spiro atoms. The highest BCUT2D eigenvalue weighted by Crippen LogP contribution is 2.28. The molecule has 0 N–H and O–H groups in total. The van der Waals surface area contributed by atoms with Gasteiger partial charge < -0.3 is 4.57 Å². The highest BCUT2D eigenvalue weighted by molar-refractivity contribution is 9.10. The second-order valence-electron chi connectivity index (χ2n) is 4.21. The second-order valence-corrected chi connectivity index (χ2v) is 5.12. The van der Waals surface area contributed by atoms with Gasteiger partial charge in [-0.05, 0) is 25.1 Å². The Labute approximate surface area is 117 Å². The Kier molecular flexibility index (Phi) is 3.42. The Balaban J connectivity index is 2.61. The number of halogens is 3. The molecule has 2 aromatic rings. The Hall–Kier alpha value is -1.74. The van der Waals surface area contributed by atoms with Gasteiger partial charge in [0.05, 0.1) is 11.3 Å². The Bertz CT molecular complexity index is 666. The fourth-order valence-corrected chi connectivity index (χ4v) is 2.10. The van der Waals surface area contributed by atoms with Crippen molar-refractivity contribution in [3.8, 4) is 11.8 Å². The molecule has 0 bridgehead atoms. The maximum Gasteiger partial charge on any atom is 0.288 e. The van der Waals surface area contributed by atoms with Crippen molar-refractivity contribution in [2.75, 3.05) is 0 Å². The molecule has 0 saturated carbocycles. The molecule has 3 nitrogen and oxygen atoms in total. The molecule has 0 radical (unpaired) electrons. The summed E-state index contributed by atoms with van der Waals surface area (Å²) in [5.74, 6) is -2.59. The van der Waals surface area contributed by atoms with Gasteiger partial charge in [-0.15, -0.1) is 0 Å². The van der Waals surface area contributed by atoms with E-state index in [0.717, 1.165) is 11.4 Å². The van der Waals surface area contributed by atoms with Gasteiger partial charge in [-0.2, -0.15) is 14.0 Å². The minimum absolute atomic E-state index is 0.309. The van der Waals surface area contributed by atoms with Crippen molar-refractivity contribution in [1.82, 2.24) is 9.55 Å². The molecule has 0 unspecified atom stereocenters. The minimum Gasteiger partial charge on any atom is -0.302 e. The summed E-state index contributed by atoms with van der Waals surface area (Å²) in [5, 5.41) is 9.11.